The monoisotopic (exact) mass is 344 g/mol. The van der Waals surface area contributed by atoms with Gasteiger partial charge in [-0.2, -0.15) is 5.10 Å². The molecule has 112 valence electrons. The molecule has 1 fully saturated rings. The summed E-state index contributed by atoms with van der Waals surface area (Å²) < 4.78 is 1.81. The van der Waals surface area contributed by atoms with Gasteiger partial charge >= 0.3 is 0 Å². The van der Waals surface area contributed by atoms with Gasteiger partial charge in [0.25, 0.3) is 5.56 Å². The second-order valence-electron chi connectivity index (χ2n) is 5.11. The van der Waals surface area contributed by atoms with Crippen LogP contribution >= 0.6 is 15.9 Å². The molecular weight excluding hydrogens is 324 g/mol. The molecule has 1 aromatic heterocycles. The lowest BCUT2D eigenvalue weighted by atomic mass is 9.98. The van der Waals surface area contributed by atoms with E-state index in [0.717, 1.165) is 31.7 Å². The first-order valence-corrected chi connectivity index (χ1v) is 7.72. The van der Waals surface area contributed by atoms with Gasteiger partial charge in [-0.25, -0.2) is 4.68 Å². The maximum atomic E-state index is 12.1. The van der Waals surface area contributed by atoms with Gasteiger partial charge in [-0.3, -0.25) is 4.79 Å². The third kappa shape index (κ3) is 3.39. The topological polar surface area (TPSA) is 70.4 Å². The molecule has 2 rings (SSSR count). The quantitative estimate of drug-likeness (QED) is 0.810. The zero-order valence-corrected chi connectivity index (χ0v) is 13.3. The number of halogens is 1. The maximum absolute atomic E-state index is 12.1. The van der Waals surface area contributed by atoms with Gasteiger partial charge in [0.15, 0.2) is 0 Å². The predicted octanol–water partition coefficient (Wildman–Crippen LogP) is 0.434. The smallest absolute Gasteiger partial charge is 0.283 e. The summed E-state index contributed by atoms with van der Waals surface area (Å²) in [6, 6.07) is 0. The highest BCUT2D eigenvalue weighted by atomic mass is 79.9. The fraction of sp³-hybridized carbons (Fsp3) is 0.692. The van der Waals surface area contributed by atoms with E-state index in [1.165, 1.54) is 11.1 Å². The number of aliphatic hydroxyl groups is 1. The summed E-state index contributed by atoms with van der Waals surface area (Å²) in [5, 5.41) is 16.3. The third-order valence-corrected chi connectivity index (χ3v) is 4.38. The van der Waals surface area contributed by atoms with E-state index in [1.54, 1.807) is 6.20 Å². The molecule has 20 heavy (non-hydrogen) atoms. The third-order valence-electron chi connectivity index (χ3n) is 3.63. The van der Waals surface area contributed by atoms with Crippen molar-refractivity contribution in [2.45, 2.75) is 19.4 Å². The lowest BCUT2D eigenvalue weighted by Gasteiger charge is -2.34. The number of aliphatic hydroxyl groups excluding tert-OH is 1. The van der Waals surface area contributed by atoms with Crippen molar-refractivity contribution in [2.24, 2.45) is 5.92 Å². The summed E-state index contributed by atoms with van der Waals surface area (Å²) in [5.74, 6) is 0.598. The Kier molecular flexibility index (Phi) is 5.56. The average molecular weight is 345 g/mol. The standard InChI is InChI=1S/C13H21BrN4O2/c1-15-7-10-3-2-4-17(9-10)11-8-16-18(5-6-19)13(20)12(11)14/h8,10,15,19H,2-7,9H2,1H3. The number of anilines is 1. The first-order chi connectivity index (χ1) is 9.67. The van der Waals surface area contributed by atoms with E-state index < -0.39 is 0 Å². The first-order valence-electron chi connectivity index (χ1n) is 6.93. The summed E-state index contributed by atoms with van der Waals surface area (Å²) in [6.07, 6.45) is 4.05. The highest BCUT2D eigenvalue weighted by molar-refractivity contribution is 9.10. The largest absolute Gasteiger partial charge is 0.394 e. The second kappa shape index (κ2) is 7.19. The van der Waals surface area contributed by atoms with E-state index in [1.807, 2.05) is 7.05 Å². The number of rotatable bonds is 5. The first kappa shape index (κ1) is 15.5. The molecule has 2 heterocycles. The molecule has 1 unspecified atom stereocenters. The van der Waals surface area contributed by atoms with Crippen molar-refractivity contribution in [3.05, 3.63) is 21.0 Å². The van der Waals surface area contributed by atoms with Crippen molar-refractivity contribution >= 4 is 21.6 Å². The van der Waals surface area contributed by atoms with Gasteiger partial charge in [0.05, 0.1) is 25.0 Å². The Morgan fingerprint density at radius 1 is 1.60 bits per heavy atom. The van der Waals surface area contributed by atoms with Gasteiger partial charge in [0.1, 0.15) is 4.47 Å². The van der Waals surface area contributed by atoms with Crippen LogP contribution in [0.15, 0.2) is 15.5 Å². The molecule has 1 aromatic rings. The number of hydrogen-bond acceptors (Lipinski definition) is 5. The number of piperidine rings is 1. The van der Waals surface area contributed by atoms with Crippen molar-refractivity contribution in [3.63, 3.8) is 0 Å². The van der Waals surface area contributed by atoms with Gasteiger partial charge in [0.2, 0.25) is 0 Å². The highest BCUT2D eigenvalue weighted by Gasteiger charge is 2.22. The van der Waals surface area contributed by atoms with Gasteiger partial charge in [-0.1, -0.05) is 0 Å². The zero-order valence-electron chi connectivity index (χ0n) is 11.7. The summed E-state index contributed by atoms with van der Waals surface area (Å²) in [5.41, 5.74) is 0.664. The van der Waals surface area contributed by atoms with E-state index in [-0.39, 0.29) is 18.7 Å². The highest BCUT2D eigenvalue weighted by Crippen LogP contribution is 2.26. The molecule has 0 aliphatic carbocycles. The summed E-state index contributed by atoms with van der Waals surface area (Å²) in [4.78, 5) is 14.3. The van der Waals surface area contributed by atoms with E-state index in [4.69, 9.17) is 5.11 Å². The lowest BCUT2D eigenvalue weighted by molar-refractivity contribution is 0.266. The number of nitrogens with zero attached hydrogens (tertiary/aromatic N) is 3. The van der Waals surface area contributed by atoms with E-state index in [9.17, 15) is 4.79 Å². The van der Waals surface area contributed by atoms with Crippen LogP contribution in [-0.2, 0) is 6.54 Å². The zero-order chi connectivity index (χ0) is 14.5. The summed E-state index contributed by atoms with van der Waals surface area (Å²) in [6.45, 7) is 3.00. The molecule has 0 radical (unpaired) electrons. The normalized spacial score (nSPS) is 19.4. The molecule has 0 spiro atoms. The molecule has 1 aliphatic rings. The Morgan fingerprint density at radius 3 is 3.10 bits per heavy atom. The van der Waals surface area contributed by atoms with Crippen LogP contribution in [0.1, 0.15) is 12.8 Å². The Labute approximate surface area is 126 Å². The Balaban J connectivity index is 2.20. The Morgan fingerprint density at radius 2 is 2.40 bits per heavy atom. The molecule has 2 N–H and O–H groups in total. The van der Waals surface area contributed by atoms with E-state index in [2.05, 4.69) is 31.2 Å². The SMILES string of the molecule is CNCC1CCCN(c2cnn(CCO)c(=O)c2Br)C1. The van der Waals surface area contributed by atoms with Gasteiger partial charge in [0, 0.05) is 13.1 Å². The average Bonchev–Trinajstić information content (AvgIpc) is 2.45. The second-order valence-corrected chi connectivity index (χ2v) is 5.90. The van der Waals surface area contributed by atoms with Crippen LogP contribution < -0.4 is 15.8 Å². The van der Waals surface area contributed by atoms with Crippen LogP contribution in [0.5, 0.6) is 0 Å². The fourth-order valence-corrected chi connectivity index (χ4v) is 3.23. The van der Waals surface area contributed by atoms with Gasteiger partial charge in [-0.05, 0) is 48.3 Å². The Hall–Kier alpha value is -0.920. The van der Waals surface area contributed by atoms with Crippen molar-refractivity contribution in [1.29, 1.82) is 0 Å². The molecule has 0 aromatic carbocycles. The van der Waals surface area contributed by atoms with Crippen molar-refractivity contribution in [3.8, 4) is 0 Å². The van der Waals surface area contributed by atoms with Crippen molar-refractivity contribution in [2.75, 3.05) is 38.2 Å². The molecule has 1 atom stereocenters. The molecule has 7 heteroatoms. The van der Waals surface area contributed by atoms with Crippen LogP contribution in [0.2, 0.25) is 0 Å². The van der Waals surface area contributed by atoms with Crippen LogP contribution in [-0.4, -0.2) is 48.2 Å². The van der Waals surface area contributed by atoms with Crippen LogP contribution in [0.25, 0.3) is 0 Å². The van der Waals surface area contributed by atoms with Gasteiger partial charge in [-0.15, -0.1) is 0 Å². The molecule has 0 amide bonds. The van der Waals surface area contributed by atoms with Crippen LogP contribution in [0.4, 0.5) is 5.69 Å². The fourth-order valence-electron chi connectivity index (χ4n) is 2.67. The summed E-state index contributed by atoms with van der Waals surface area (Å²) in [7, 11) is 1.96. The number of hydrogen-bond donors (Lipinski definition) is 2. The van der Waals surface area contributed by atoms with E-state index >= 15 is 0 Å². The van der Waals surface area contributed by atoms with Crippen LogP contribution in [0.3, 0.4) is 0 Å². The van der Waals surface area contributed by atoms with Gasteiger partial charge < -0.3 is 15.3 Å². The molecule has 1 aliphatic heterocycles. The van der Waals surface area contributed by atoms with Crippen molar-refractivity contribution < 1.29 is 5.11 Å². The minimum atomic E-state index is -0.188. The van der Waals surface area contributed by atoms with Crippen LogP contribution in [0, 0.1) is 5.92 Å². The molecular formula is C13H21BrN4O2. The summed E-state index contributed by atoms with van der Waals surface area (Å²) >= 11 is 3.38. The van der Waals surface area contributed by atoms with E-state index in [0.29, 0.717) is 10.4 Å². The Bertz CT molecular complexity index is 504. The number of nitrogens with one attached hydrogen (secondary N) is 1. The number of aromatic nitrogens is 2. The maximum Gasteiger partial charge on any atom is 0.283 e. The molecule has 1 saturated heterocycles. The predicted molar refractivity (Wildman–Crippen MR) is 82.1 cm³/mol. The molecule has 0 bridgehead atoms. The molecule has 6 nitrogen and oxygen atoms in total. The molecule has 0 saturated carbocycles. The minimum absolute atomic E-state index is 0.0906. The minimum Gasteiger partial charge on any atom is -0.394 e. The lowest BCUT2D eigenvalue weighted by Crippen LogP contribution is -2.40. The van der Waals surface area contributed by atoms with Crippen molar-refractivity contribution in [1.82, 2.24) is 15.1 Å².